The van der Waals surface area contributed by atoms with Gasteiger partial charge >= 0.3 is 5.97 Å². The molecule has 1 aromatic rings. The van der Waals surface area contributed by atoms with E-state index in [2.05, 4.69) is 22.2 Å². The highest BCUT2D eigenvalue weighted by Crippen LogP contribution is 2.15. The molecule has 92 valence electrons. The van der Waals surface area contributed by atoms with E-state index in [0.29, 0.717) is 6.04 Å². The highest BCUT2D eigenvalue weighted by Gasteiger charge is 2.17. The summed E-state index contributed by atoms with van der Waals surface area (Å²) in [6, 6.07) is 3.77. The molecule has 0 aliphatic carbocycles. The van der Waals surface area contributed by atoms with Crippen LogP contribution in [0.2, 0.25) is 0 Å². The summed E-state index contributed by atoms with van der Waals surface area (Å²) in [5, 5.41) is 12.2. The molecule has 1 aliphatic rings. The van der Waals surface area contributed by atoms with E-state index >= 15 is 0 Å². The monoisotopic (exact) mass is 235 g/mol. The molecule has 1 atom stereocenters. The van der Waals surface area contributed by atoms with E-state index in [0.717, 1.165) is 25.2 Å². The van der Waals surface area contributed by atoms with Crippen LogP contribution in [0.25, 0.3) is 0 Å². The summed E-state index contributed by atoms with van der Waals surface area (Å²) in [5.74, 6) is -0.991. The van der Waals surface area contributed by atoms with Crippen molar-refractivity contribution in [3.8, 4) is 0 Å². The Morgan fingerprint density at radius 2 is 2.47 bits per heavy atom. The molecular weight excluding hydrogens is 218 g/mol. The van der Waals surface area contributed by atoms with Crippen LogP contribution in [0.15, 0.2) is 18.3 Å². The van der Waals surface area contributed by atoms with Crippen molar-refractivity contribution in [2.75, 3.05) is 25.5 Å². The number of carboxylic acid groups (broad SMARTS) is 1. The van der Waals surface area contributed by atoms with Crippen molar-refractivity contribution < 1.29 is 9.90 Å². The zero-order chi connectivity index (χ0) is 12.3. The van der Waals surface area contributed by atoms with E-state index in [4.69, 9.17) is 5.11 Å². The van der Waals surface area contributed by atoms with Gasteiger partial charge in [0.2, 0.25) is 0 Å². The molecule has 2 rings (SSSR count). The first kappa shape index (κ1) is 11.9. The Kier molecular flexibility index (Phi) is 3.58. The topological polar surface area (TPSA) is 65.5 Å². The number of nitrogens with zero attached hydrogens (tertiary/aromatic N) is 2. The largest absolute Gasteiger partial charge is 0.477 e. The van der Waals surface area contributed by atoms with Crippen LogP contribution in [0.3, 0.4) is 0 Å². The molecule has 5 nitrogen and oxygen atoms in total. The minimum atomic E-state index is -0.991. The van der Waals surface area contributed by atoms with Crippen molar-refractivity contribution in [3.05, 3.63) is 24.0 Å². The third-order valence-electron chi connectivity index (χ3n) is 2.97. The summed E-state index contributed by atoms with van der Waals surface area (Å²) in [4.78, 5) is 16.9. The molecule has 2 N–H and O–H groups in total. The van der Waals surface area contributed by atoms with Crippen molar-refractivity contribution in [2.45, 2.75) is 18.9 Å². The van der Waals surface area contributed by atoms with E-state index in [1.54, 1.807) is 12.1 Å². The molecule has 1 saturated heterocycles. The highest BCUT2D eigenvalue weighted by molar-refractivity contribution is 5.86. The number of likely N-dealkylation sites (tertiary alicyclic amines) is 1. The summed E-state index contributed by atoms with van der Waals surface area (Å²) in [7, 11) is 2.10. The SMILES string of the molecule is CN1CCCC(Nc2ccnc(C(=O)O)c2)C1. The van der Waals surface area contributed by atoms with Gasteiger partial charge in [-0.1, -0.05) is 0 Å². The Hall–Kier alpha value is -1.62. The fourth-order valence-electron chi connectivity index (χ4n) is 2.16. The number of nitrogens with one attached hydrogen (secondary N) is 1. The van der Waals surface area contributed by atoms with Gasteiger partial charge in [0.05, 0.1) is 0 Å². The van der Waals surface area contributed by atoms with Gasteiger partial charge in [-0.3, -0.25) is 0 Å². The molecular formula is C12H17N3O2. The predicted octanol–water partition coefficient (Wildman–Crippen LogP) is 1.29. The van der Waals surface area contributed by atoms with E-state index in [1.165, 1.54) is 12.6 Å². The maximum absolute atomic E-state index is 10.8. The number of aromatic carboxylic acids is 1. The molecule has 0 radical (unpaired) electrons. The summed E-state index contributed by atoms with van der Waals surface area (Å²) in [6.45, 7) is 2.12. The standard InChI is InChI=1S/C12H17N3O2/c1-15-6-2-3-10(8-15)14-9-4-5-13-11(7-9)12(16)17/h4-5,7,10H,2-3,6,8H2,1H3,(H,13,14)(H,16,17). The molecule has 17 heavy (non-hydrogen) atoms. The maximum atomic E-state index is 10.8. The molecule has 0 spiro atoms. The Balaban J connectivity index is 2.02. The Labute approximate surface area is 100 Å². The van der Waals surface area contributed by atoms with Gasteiger partial charge in [-0.25, -0.2) is 9.78 Å². The van der Waals surface area contributed by atoms with E-state index in [-0.39, 0.29) is 5.69 Å². The average molecular weight is 235 g/mol. The lowest BCUT2D eigenvalue weighted by Crippen LogP contribution is -2.39. The molecule has 0 aromatic carbocycles. The first-order chi connectivity index (χ1) is 8.15. The first-order valence-corrected chi connectivity index (χ1v) is 5.79. The van der Waals surface area contributed by atoms with Gasteiger partial charge in [0.15, 0.2) is 0 Å². The maximum Gasteiger partial charge on any atom is 0.354 e. The van der Waals surface area contributed by atoms with Gasteiger partial charge in [0.1, 0.15) is 5.69 Å². The van der Waals surface area contributed by atoms with E-state index < -0.39 is 5.97 Å². The second kappa shape index (κ2) is 5.14. The number of carboxylic acids is 1. The molecule has 0 bridgehead atoms. The quantitative estimate of drug-likeness (QED) is 0.826. The molecule has 1 fully saturated rings. The molecule has 1 aromatic heterocycles. The Morgan fingerprint density at radius 1 is 1.65 bits per heavy atom. The van der Waals surface area contributed by atoms with Crippen LogP contribution in [0, 0.1) is 0 Å². The van der Waals surface area contributed by atoms with Crippen molar-refractivity contribution in [3.63, 3.8) is 0 Å². The van der Waals surface area contributed by atoms with Crippen LogP contribution < -0.4 is 5.32 Å². The van der Waals surface area contributed by atoms with E-state index in [1.807, 2.05) is 0 Å². The normalized spacial score (nSPS) is 21.1. The minimum Gasteiger partial charge on any atom is -0.477 e. The molecule has 1 unspecified atom stereocenters. The number of piperidine rings is 1. The van der Waals surface area contributed by atoms with Gasteiger partial charge in [-0.15, -0.1) is 0 Å². The lowest BCUT2D eigenvalue weighted by molar-refractivity contribution is 0.0690. The summed E-state index contributed by atoms with van der Waals surface area (Å²) in [6.07, 6.45) is 3.82. The van der Waals surface area contributed by atoms with Crippen molar-refractivity contribution in [1.82, 2.24) is 9.88 Å². The lowest BCUT2D eigenvalue weighted by atomic mass is 10.1. The molecule has 2 heterocycles. The molecule has 0 amide bonds. The van der Waals surface area contributed by atoms with Crippen molar-refractivity contribution in [2.24, 2.45) is 0 Å². The number of likely N-dealkylation sites (N-methyl/N-ethyl adjacent to an activating group) is 1. The zero-order valence-corrected chi connectivity index (χ0v) is 9.89. The third kappa shape index (κ3) is 3.17. The fourth-order valence-corrected chi connectivity index (χ4v) is 2.16. The summed E-state index contributed by atoms with van der Waals surface area (Å²) < 4.78 is 0. The smallest absolute Gasteiger partial charge is 0.354 e. The second-order valence-corrected chi connectivity index (χ2v) is 4.48. The van der Waals surface area contributed by atoms with Gasteiger partial charge in [0.25, 0.3) is 0 Å². The highest BCUT2D eigenvalue weighted by atomic mass is 16.4. The van der Waals surface area contributed by atoms with Gasteiger partial charge in [-0.2, -0.15) is 0 Å². The number of carbonyl (C=O) groups is 1. The summed E-state index contributed by atoms with van der Waals surface area (Å²) >= 11 is 0. The number of hydrogen-bond acceptors (Lipinski definition) is 4. The van der Waals surface area contributed by atoms with Crippen molar-refractivity contribution in [1.29, 1.82) is 0 Å². The van der Waals surface area contributed by atoms with Crippen LogP contribution in [0.4, 0.5) is 5.69 Å². The molecule has 1 aliphatic heterocycles. The van der Waals surface area contributed by atoms with Gasteiger partial charge in [-0.05, 0) is 38.6 Å². The molecule has 5 heteroatoms. The van der Waals surface area contributed by atoms with Crippen molar-refractivity contribution >= 4 is 11.7 Å². The number of anilines is 1. The van der Waals surface area contributed by atoms with Crippen LogP contribution >= 0.6 is 0 Å². The first-order valence-electron chi connectivity index (χ1n) is 5.79. The predicted molar refractivity (Wildman–Crippen MR) is 65.3 cm³/mol. The van der Waals surface area contributed by atoms with Gasteiger partial charge < -0.3 is 15.3 Å². The Bertz CT molecular complexity index is 408. The number of rotatable bonds is 3. The number of hydrogen-bond donors (Lipinski definition) is 2. The van der Waals surface area contributed by atoms with Crippen LogP contribution in [0.5, 0.6) is 0 Å². The fraction of sp³-hybridized carbons (Fsp3) is 0.500. The lowest BCUT2D eigenvalue weighted by Gasteiger charge is -2.30. The third-order valence-corrected chi connectivity index (χ3v) is 2.97. The van der Waals surface area contributed by atoms with Crippen LogP contribution in [-0.4, -0.2) is 47.1 Å². The molecule has 0 saturated carbocycles. The number of aromatic nitrogens is 1. The van der Waals surface area contributed by atoms with Crippen LogP contribution in [-0.2, 0) is 0 Å². The summed E-state index contributed by atoms with van der Waals surface area (Å²) in [5.41, 5.74) is 0.914. The minimum absolute atomic E-state index is 0.0826. The zero-order valence-electron chi connectivity index (χ0n) is 9.89. The van der Waals surface area contributed by atoms with Crippen LogP contribution in [0.1, 0.15) is 23.3 Å². The Morgan fingerprint density at radius 3 is 3.18 bits per heavy atom. The van der Waals surface area contributed by atoms with Gasteiger partial charge in [0, 0.05) is 24.5 Å². The number of pyridine rings is 1. The van der Waals surface area contributed by atoms with E-state index in [9.17, 15) is 4.79 Å². The second-order valence-electron chi connectivity index (χ2n) is 4.48. The average Bonchev–Trinajstić information content (AvgIpc) is 2.29.